The monoisotopic (exact) mass is 339 g/mol. The second-order valence-corrected chi connectivity index (χ2v) is 7.63. The Bertz CT molecular complexity index is 845. The molecule has 0 spiro atoms. The molecule has 2 aromatic carbocycles. The maximum atomic E-state index is 12.8. The Kier molecular flexibility index (Phi) is 5.97. The van der Waals surface area contributed by atoms with Crippen LogP contribution in [0.4, 0.5) is 0 Å². The van der Waals surface area contributed by atoms with E-state index in [4.69, 9.17) is 6.42 Å². The van der Waals surface area contributed by atoms with Crippen molar-refractivity contribution in [1.29, 1.82) is 0 Å². The molecule has 0 fully saturated rings. The molecule has 24 heavy (non-hydrogen) atoms. The molecule has 0 aliphatic heterocycles. The maximum absolute atomic E-state index is 12.8. The number of benzene rings is 2. The van der Waals surface area contributed by atoms with Crippen LogP contribution >= 0.6 is 0 Å². The molecule has 4 heteroatoms. The molecule has 0 atom stereocenters. The van der Waals surface area contributed by atoms with E-state index in [-0.39, 0.29) is 18.0 Å². The lowest BCUT2D eigenvalue weighted by Crippen LogP contribution is -2.33. The largest absolute Gasteiger partial charge is 0.244 e. The van der Waals surface area contributed by atoms with E-state index in [0.717, 1.165) is 16.7 Å². The average Bonchev–Trinajstić information content (AvgIpc) is 2.55. The van der Waals surface area contributed by atoms with Crippen LogP contribution < -0.4 is 0 Å². The summed E-state index contributed by atoms with van der Waals surface area (Å²) in [6, 6.07) is 16.6. The van der Waals surface area contributed by atoms with Crippen LogP contribution in [0.5, 0.6) is 0 Å². The molecule has 124 valence electrons. The number of aryl methyl sites for hydroxylation is 1. The molecule has 3 nitrogen and oxygen atoms in total. The van der Waals surface area contributed by atoms with E-state index < -0.39 is 10.0 Å². The first-order valence-electron chi connectivity index (χ1n) is 7.66. The van der Waals surface area contributed by atoms with Crippen molar-refractivity contribution >= 4 is 16.1 Å². The Morgan fingerprint density at radius 2 is 1.75 bits per heavy atom. The first kappa shape index (κ1) is 18.0. The van der Waals surface area contributed by atoms with E-state index >= 15 is 0 Å². The third-order valence-electron chi connectivity index (χ3n) is 3.56. The van der Waals surface area contributed by atoms with Crippen molar-refractivity contribution in [2.24, 2.45) is 0 Å². The Hall–Kier alpha value is -2.35. The summed E-state index contributed by atoms with van der Waals surface area (Å²) in [7, 11) is -3.62. The van der Waals surface area contributed by atoms with Crippen LogP contribution in [0.2, 0.25) is 0 Å². The lowest BCUT2D eigenvalue weighted by atomic mass is 10.1. The van der Waals surface area contributed by atoms with Crippen molar-refractivity contribution in [3.8, 4) is 12.3 Å². The van der Waals surface area contributed by atoms with Crippen molar-refractivity contribution < 1.29 is 8.42 Å². The van der Waals surface area contributed by atoms with Crippen LogP contribution in [0.1, 0.15) is 18.1 Å². The zero-order valence-electron chi connectivity index (χ0n) is 13.9. The fourth-order valence-electron chi connectivity index (χ4n) is 2.34. The van der Waals surface area contributed by atoms with Gasteiger partial charge in [0.05, 0.1) is 11.4 Å². The predicted octanol–water partition coefficient (Wildman–Crippen LogP) is 3.72. The van der Waals surface area contributed by atoms with E-state index in [1.807, 2.05) is 50.3 Å². The number of hydrogen-bond donors (Lipinski definition) is 0. The summed E-state index contributed by atoms with van der Waals surface area (Å²) >= 11 is 0. The van der Waals surface area contributed by atoms with Gasteiger partial charge >= 0.3 is 0 Å². The summed E-state index contributed by atoms with van der Waals surface area (Å²) in [5, 5.41) is 0. The van der Waals surface area contributed by atoms with Crippen molar-refractivity contribution in [3.05, 3.63) is 71.3 Å². The van der Waals surface area contributed by atoms with Crippen LogP contribution in [-0.2, 0) is 10.0 Å². The van der Waals surface area contributed by atoms with E-state index in [2.05, 4.69) is 5.92 Å². The Morgan fingerprint density at radius 3 is 2.33 bits per heavy atom. The van der Waals surface area contributed by atoms with Crippen LogP contribution in [0.3, 0.4) is 0 Å². The van der Waals surface area contributed by atoms with E-state index in [9.17, 15) is 8.42 Å². The van der Waals surface area contributed by atoms with Gasteiger partial charge in [0.1, 0.15) is 0 Å². The highest BCUT2D eigenvalue weighted by molar-refractivity contribution is 7.89. The molecule has 0 N–H and O–H groups in total. The molecule has 0 unspecified atom stereocenters. The molecular formula is C20H21NO2S. The second kappa shape index (κ2) is 7.96. The van der Waals surface area contributed by atoms with E-state index in [1.54, 1.807) is 24.3 Å². The van der Waals surface area contributed by atoms with Gasteiger partial charge in [-0.15, -0.1) is 6.42 Å². The quantitative estimate of drug-likeness (QED) is 0.752. The first-order chi connectivity index (χ1) is 11.4. The highest BCUT2D eigenvalue weighted by Gasteiger charge is 2.23. The fourth-order valence-corrected chi connectivity index (χ4v) is 3.74. The highest BCUT2D eigenvalue weighted by Crippen LogP contribution is 2.18. The van der Waals surface area contributed by atoms with Gasteiger partial charge in [0.25, 0.3) is 0 Å². The minimum atomic E-state index is -3.62. The third kappa shape index (κ3) is 4.58. The highest BCUT2D eigenvalue weighted by atomic mass is 32.2. The molecule has 0 saturated carbocycles. The lowest BCUT2D eigenvalue weighted by molar-refractivity contribution is 0.472. The molecule has 0 bridgehead atoms. The minimum Gasteiger partial charge on any atom is -0.207 e. The molecule has 0 saturated heterocycles. The summed E-state index contributed by atoms with van der Waals surface area (Å²) in [5.41, 5.74) is 2.97. The molecular weight excluding hydrogens is 318 g/mol. The van der Waals surface area contributed by atoms with Crippen molar-refractivity contribution in [2.75, 3.05) is 13.1 Å². The van der Waals surface area contributed by atoms with Gasteiger partial charge in [-0.25, -0.2) is 8.42 Å². The molecule has 0 radical (unpaired) electrons. The molecule has 2 rings (SSSR count). The Labute approximate surface area is 144 Å². The SMILES string of the molecule is C#CCN(C/C(C)=C/c1ccccc1)S(=O)(=O)c1ccc(C)cc1. The summed E-state index contributed by atoms with van der Waals surface area (Å²) in [5.74, 6) is 2.44. The summed E-state index contributed by atoms with van der Waals surface area (Å²) < 4.78 is 27.0. The number of terminal acetylenes is 1. The molecule has 0 aliphatic carbocycles. The zero-order valence-corrected chi connectivity index (χ0v) is 14.8. The van der Waals surface area contributed by atoms with E-state index in [1.165, 1.54) is 4.31 Å². The average molecular weight is 339 g/mol. The summed E-state index contributed by atoms with van der Waals surface area (Å²) in [6.07, 6.45) is 7.35. The molecule has 0 heterocycles. The van der Waals surface area contributed by atoms with Gasteiger partial charge in [-0.2, -0.15) is 4.31 Å². The van der Waals surface area contributed by atoms with Crippen molar-refractivity contribution in [1.82, 2.24) is 4.31 Å². The van der Waals surface area contributed by atoms with Crippen LogP contribution in [0.25, 0.3) is 6.08 Å². The predicted molar refractivity (Wildman–Crippen MR) is 98.9 cm³/mol. The fraction of sp³-hybridized carbons (Fsp3) is 0.200. The first-order valence-corrected chi connectivity index (χ1v) is 9.10. The lowest BCUT2D eigenvalue weighted by Gasteiger charge is -2.20. The van der Waals surface area contributed by atoms with E-state index in [0.29, 0.717) is 0 Å². The molecule has 0 amide bonds. The van der Waals surface area contributed by atoms with Crippen molar-refractivity contribution in [3.63, 3.8) is 0 Å². The zero-order chi connectivity index (χ0) is 17.6. The maximum Gasteiger partial charge on any atom is 0.244 e. The van der Waals surface area contributed by atoms with Gasteiger partial charge in [0, 0.05) is 6.54 Å². The van der Waals surface area contributed by atoms with Crippen LogP contribution in [0.15, 0.2) is 65.1 Å². The number of rotatable bonds is 6. The molecule has 2 aromatic rings. The number of sulfonamides is 1. The summed E-state index contributed by atoms with van der Waals surface area (Å²) in [4.78, 5) is 0.260. The summed E-state index contributed by atoms with van der Waals surface area (Å²) in [6.45, 7) is 4.12. The molecule has 0 aromatic heterocycles. The Balaban J connectivity index is 2.27. The number of hydrogen-bond acceptors (Lipinski definition) is 2. The smallest absolute Gasteiger partial charge is 0.207 e. The van der Waals surface area contributed by atoms with Gasteiger partial charge in [0.2, 0.25) is 10.0 Å². The second-order valence-electron chi connectivity index (χ2n) is 5.69. The topological polar surface area (TPSA) is 37.4 Å². The normalized spacial score (nSPS) is 12.2. The minimum absolute atomic E-state index is 0.0379. The van der Waals surface area contributed by atoms with Crippen LogP contribution in [0, 0.1) is 19.3 Å². The third-order valence-corrected chi connectivity index (χ3v) is 5.37. The standard InChI is InChI=1S/C20H21NO2S/c1-4-14-21(16-18(3)15-19-8-6-5-7-9-19)24(22,23)20-12-10-17(2)11-13-20/h1,5-13,15H,14,16H2,2-3H3/b18-15+. The van der Waals surface area contributed by atoms with Gasteiger partial charge in [-0.05, 0) is 31.5 Å². The van der Waals surface area contributed by atoms with Crippen molar-refractivity contribution in [2.45, 2.75) is 18.7 Å². The van der Waals surface area contributed by atoms with Gasteiger partial charge < -0.3 is 0 Å². The van der Waals surface area contributed by atoms with Crippen LogP contribution in [-0.4, -0.2) is 25.8 Å². The molecule has 0 aliphatic rings. The van der Waals surface area contributed by atoms with Gasteiger partial charge in [-0.3, -0.25) is 0 Å². The number of nitrogens with zero attached hydrogens (tertiary/aromatic N) is 1. The van der Waals surface area contributed by atoms with Gasteiger partial charge in [0.15, 0.2) is 0 Å². The van der Waals surface area contributed by atoms with Gasteiger partial charge in [-0.1, -0.05) is 65.6 Å². The Morgan fingerprint density at radius 1 is 1.12 bits per heavy atom.